The molecule has 1 aromatic rings. The van der Waals surface area contributed by atoms with Crippen LogP contribution in [0.15, 0.2) is 29.3 Å². The highest BCUT2D eigenvalue weighted by Gasteiger charge is 2.27. The molecule has 9 heteroatoms. The average Bonchev–Trinajstić information content (AvgIpc) is 2.59. The molecule has 0 bridgehead atoms. The van der Waals surface area contributed by atoms with Gasteiger partial charge in [-0.25, -0.2) is 4.99 Å². The summed E-state index contributed by atoms with van der Waals surface area (Å²) in [6.45, 7) is 8.84. The lowest BCUT2D eigenvalue weighted by Crippen LogP contribution is -2.45. The molecule has 0 aromatic heterocycles. The van der Waals surface area contributed by atoms with Gasteiger partial charge in [0.15, 0.2) is 5.96 Å². The number of benzene rings is 1. The first kappa shape index (κ1) is 27.9. The van der Waals surface area contributed by atoms with Crippen LogP contribution in [0.1, 0.15) is 38.8 Å². The first-order valence-corrected chi connectivity index (χ1v) is 9.32. The fourth-order valence-electron chi connectivity index (χ4n) is 2.47. The van der Waals surface area contributed by atoms with Crippen LogP contribution in [0.2, 0.25) is 0 Å². The molecule has 29 heavy (non-hydrogen) atoms. The molecule has 0 radical (unpaired) electrons. The third-order valence-electron chi connectivity index (χ3n) is 4.03. The largest absolute Gasteiger partial charge is 0.411 e. The molecule has 0 amide bonds. The van der Waals surface area contributed by atoms with E-state index in [4.69, 9.17) is 4.74 Å². The van der Waals surface area contributed by atoms with Crippen LogP contribution in [0.25, 0.3) is 0 Å². The molecule has 5 nitrogen and oxygen atoms in total. The number of methoxy groups -OCH3 is 1. The third kappa shape index (κ3) is 12.3. The second-order valence-corrected chi connectivity index (χ2v) is 7.59. The number of hydrogen-bond donors (Lipinski definition) is 2. The minimum absolute atomic E-state index is 0. The van der Waals surface area contributed by atoms with Crippen molar-refractivity contribution in [3.63, 3.8) is 0 Å². The number of ether oxygens (including phenoxy) is 2. The topological polar surface area (TPSA) is 54.9 Å². The quantitative estimate of drug-likeness (QED) is 0.280. The van der Waals surface area contributed by atoms with E-state index in [0.717, 1.165) is 12.1 Å². The van der Waals surface area contributed by atoms with Crippen molar-refractivity contribution in [3.8, 4) is 0 Å². The lowest BCUT2D eigenvalue weighted by atomic mass is 9.89. The van der Waals surface area contributed by atoms with Crippen molar-refractivity contribution in [1.82, 2.24) is 10.6 Å². The van der Waals surface area contributed by atoms with Crippen LogP contribution in [-0.4, -0.2) is 45.0 Å². The Labute approximate surface area is 188 Å². The van der Waals surface area contributed by atoms with Crippen molar-refractivity contribution in [2.45, 2.75) is 53.1 Å². The Morgan fingerprint density at radius 3 is 2.14 bits per heavy atom. The summed E-state index contributed by atoms with van der Waals surface area (Å²) in [7, 11) is 1.70. The summed E-state index contributed by atoms with van der Waals surface area (Å²) in [6, 6.07) is 7.18. The molecule has 1 atom stereocenters. The summed E-state index contributed by atoms with van der Waals surface area (Å²) in [5.74, 6) is 0.686. The summed E-state index contributed by atoms with van der Waals surface area (Å²) < 4.78 is 46.5. The number of halogens is 4. The molecule has 2 N–H and O–H groups in total. The molecule has 0 aliphatic rings. The van der Waals surface area contributed by atoms with Gasteiger partial charge in [0.25, 0.3) is 0 Å². The minimum Gasteiger partial charge on any atom is -0.379 e. The zero-order chi connectivity index (χ0) is 21.2. The maximum atomic E-state index is 12.1. The van der Waals surface area contributed by atoms with Crippen molar-refractivity contribution in [2.75, 3.05) is 26.8 Å². The van der Waals surface area contributed by atoms with Gasteiger partial charge in [0.2, 0.25) is 0 Å². The van der Waals surface area contributed by atoms with E-state index in [1.807, 2.05) is 19.1 Å². The molecule has 1 unspecified atom stereocenters. The van der Waals surface area contributed by atoms with Gasteiger partial charge in [-0.05, 0) is 23.5 Å². The Kier molecular flexibility index (Phi) is 12.8. The molecule has 0 fully saturated rings. The maximum absolute atomic E-state index is 12.1. The number of nitrogens with zero attached hydrogens (tertiary/aromatic N) is 1. The Morgan fingerprint density at radius 2 is 1.66 bits per heavy atom. The molecule has 0 spiro atoms. The Morgan fingerprint density at radius 1 is 1.07 bits per heavy atom. The van der Waals surface area contributed by atoms with E-state index in [-0.39, 0.29) is 42.1 Å². The first-order chi connectivity index (χ1) is 13.0. The Balaban J connectivity index is 0.00000784. The van der Waals surface area contributed by atoms with Crippen molar-refractivity contribution in [1.29, 1.82) is 0 Å². The number of hydrogen-bond acceptors (Lipinski definition) is 3. The molecular formula is C20H33F3IN3O2. The van der Waals surface area contributed by atoms with E-state index in [2.05, 4.69) is 41.1 Å². The smallest absolute Gasteiger partial charge is 0.379 e. The number of alkyl halides is 3. The van der Waals surface area contributed by atoms with Gasteiger partial charge in [-0.3, -0.25) is 0 Å². The van der Waals surface area contributed by atoms with Crippen LogP contribution in [0, 0.1) is 5.41 Å². The van der Waals surface area contributed by atoms with Crippen molar-refractivity contribution in [3.05, 3.63) is 35.4 Å². The van der Waals surface area contributed by atoms with Crippen molar-refractivity contribution < 1.29 is 22.6 Å². The summed E-state index contributed by atoms with van der Waals surface area (Å²) in [6.07, 6.45) is -4.27. The Bertz CT molecular complexity index is 602. The maximum Gasteiger partial charge on any atom is 0.411 e. The summed E-state index contributed by atoms with van der Waals surface area (Å²) >= 11 is 0. The molecule has 0 saturated heterocycles. The monoisotopic (exact) mass is 531 g/mol. The molecule has 168 valence electrons. The van der Waals surface area contributed by atoms with Crippen molar-refractivity contribution >= 4 is 29.9 Å². The van der Waals surface area contributed by atoms with Crippen molar-refractivity contribution in [2.24, 2.45) is 10.4 Å². The second-order valence-electron chi connectivity index (χ2n) is 7.59. The van der Waals surface area contributed by atoms with Gasteiger partial charge in [-0.15, -0.1) is 24.0 Å². The van der Waals surface area contributed by atoms with E-state index < -0.39 is 12.8 Å². The van der Waals surface area contributed by atoms with Gasteiger partial charge >= 0.3 is 6.18 Å². The molecule has 0 heterocycles. The van der Waals surface area contributed by atoms with E-state index in [1.54, 1.807) is 19.2 Å². The van der Waals surface area contributed by atoms with Gasteiger partial charge in [0.05, 0.1) is 19.3 Å². The highest BCUT2D eigenvalue weighted by molar-refractivity contribution is 14.0. The molecule has 0 aliphatic carbocycles. The van der Waals surface area contributed by atoms with Crippen LogP contribution >= 0.6 is 24.0 Å². The molecule has 1 aromatic carbocycles. The molecule has 0 aliphatic heterocycles. The number of aliphatic imine (C=N–C) groups is 1. The van der Waals surface area contributed by atoms with Gasteiger partial charge < -0.3 is 20.1 Å². The summed E-state index contributed by atoms with van der Waals surface area (Å²) in [4.78, 5) is 4.56. The summed E-state index contributed by atoms with van der Waals surface area (Å²) in [5, 5.41) is 6.48. The third-order valence-corrected chi connectivity index (χ3v) is 4.03. The fraction of sp³-hybridized carbons (Fsp3) is 0.650. The van der Waals surface area contributed by atoms with Gasteiger partial charge in [-0.2, -0.15) is 13.2 Å². The Hall–Kier alpha value is -1.07. The average molecular weight is 531 g/mol. The normalized spacial score (nSPS) is 13.6. The highest BCUT2D eigenvalue weighted by atomic mass is 127. The number of nitrogens with one attached hydrogen (secondary N) is 2. The van der Waals surface area contributed by atoms with E-state index >= 15 is 0 Å². The molecule has 1 rings (SSSR count). The predicted molar refractivity (Wildman–Crippen MR) is 121 cm³/mol. The fourth-order valence-corrected chi connectivity index (χ4v) is 2.47. The van der Waals surface area contributed by atoms with Gasteiger partial charge in [-0.1, -0.05) is 45.0 Å². The molecular weight excluding hydrogens is 498 g/mol. The SMILES string of the molecule is CCNC(=NCc1ccc(COCC(F)(F)F)cc1)NCC(OC)C(C)(C)C.I. The standard InChI is InChI=1S/C20H32F3N3O2.HI/c1-6-24-18(26-12-17(27-5)19(2,3)4)25-11-15-7-9-16(10-8-15)13-28-14-20(21,22)23;/h7-10,17H,6,11-14H2,1-5H3,(H2,24,25,26);1H. The van der Waals surface area contributed by atoms with Crippen LogP contribution in [0.5, 0.6) is 0 Å². The van der Waals surface area contributed by atoms with Crippen LogP contribution in [0.3, 0.4) is 0 Å². The van der Waals surface area contributed by atoms with E-state index in [0.29, 0.717) is 24.6 Å². The van der Waals surface area contributed by atoms with Gasteiger partial charge in [0.1, 0.15) is 6.61 Å². The van der Waals surface area contributed by atoms with E-state index in [9.17, 15) is 13.2 Å². The van der Waals surface area contributed by atoms with Crippen LogP contribution in [0.4, 0.5) is 13.2 Å². The predicted octanol–water partition coefficient (Wildman–Crippen LogP) is 4.50. The number of guanidine groups is 1. The number of rotatable bonds is 9. The molecule has 0 saturated carbocycles. The minimum atomic E-state index is -4.31. The summed E-state index contributed by atoms with van der Waals surface area (Å²) in [5.41, 5.74) is 1.65. The highest BCUT2D eigenvalue weighted by Crippen LogP contribution is 2.21. The lowest BCUT2D eigenvalue weighted by molar-refractivity contribution is -0.176. The first-order valence-electron chi connectivity index (χ1n) is 9.32. The van der Waals surface area contributed by atoms with Crippen LogP contribution < -0.4 is 10.6 Å². The zero-order valence-corrected chi connectivity index (χ0v) is 20.1. The van der Waals surface area contributed by atoms with Crippen LogP contribution in [-0.2, 0) is 22.6 Å². The lowest BCUT2D eigenvalue weighted by Gasteiger charge is -2.30. The zero-order valence-electron chi connectivity index (χ0n) is 17.7. The second kappa shape index (κ2) is 13.3. The van der Waals surface area contributed by atoms with E-state index in [1.165, 1.54) is 0 Å². The van der Waals surface area contributed by atoms with Gasteiger partial charge in [0, 0.05) is 20.2 Å².